The Labute approximate surface area is 149 Å². The van der Waals surface area contributed by atoms with Gasteiger partial charge in [0.1, 0.15) is 11.6 Å². The summed E-state index contributed by atoms with van der Waals surface area (Å²) in [6.07, 6.45) is 5.21. The zero-order valence-electron chi connectivity index (χ0n) is 13.0. The third kappa shape index (κ3) is 3.64. The minimum absolute atomic E-state index is 0. The highest BCUT2D eigenvalue weighted by Crippen LogP contribution is 2.37. The van der Waals surface area contributed by atoms with Crippen LogP contribution >= 0.6 is 36.6 Å². The number of nitrogens with zero attached hydrogens (tertiary/aromatic N) is 4. The molecule has 7 heteroatoms. The fraction of sp³-hybridized carbons (Fsp3) is 0.733. The Morgan fingerprint density at radius 1 is 1.05 bits per heavy atom. The number of aryl methyl sites for hydroxylation is 2. The predicted octanol–water partition coefficient (Wildman–Crippen LogP) is 2.95. The second-order valence-electron chi connectivity index (χ2n) is 6.08. The van der Waals surface area contributed by atoms with E-state index in [4.69, 9.17) is 4.98 Å². The standard InChI is InChI=1S/C15H22N4S.2ClH/c1-11-16-13-3-2-10-20-14(13)15(17-11)19-8-6-18(7-9-19)12-4-5-12;;/h12H,2-10H2,1H3;2*1H. The van der Waals surface area contributed by atoms with Crippen molar-refractivity contribution in [1.82, 2.24) is 14.9 Å². The molecular formula is C15H24Cl2N4S. The number of aromatic nitrogens is 2. The van der Waals surface area contributed by atoms with E-state index in [0.717, 1.165) is 31.4 Å². The van der Waals surface area contributed by atoms with Crippen molar-refractivity contribution < 1.29 is 0 Å². The highest BCUT2D eigenvalue weighted by atomic mass is 35.5. The van der Waals surface area contributed by atoms with Gasteiger partial charge in [-0.25, -0.2) is 9.97 Å². The van der Waals surface area contributed by atoms with Crippen LogP contribution in [0, 0.1) is 6.92 Å². The molecule has 124 valence electrons. The first kappa shape index (κ1) is 18.1. The van der Waals surface area contributed by atoms with Gasteiger partial charge in [0.05, 0.1) is 10.6 Å². The molecule has 0 bridgehead atoms. The second kappa shape index (κ2) is 7.56. The number of hydrogen-bond acceptors (Lipinski definition) is 5. The molecule has 1 saturated carbocycles. The van der Waals surface area contributed by atoms with Crippen molar-refractivity contribution in [3.63, 3.8) is 0 Å². The molecule has 1 aliphatic carbocycles. The minimum Gasteiger partial charge on any atom is -0.353 e. The van der Waals surface area contributed by atoms with Gasteiger partial charge in [0.25, 0.3) is 0 Å². The molecule has 0 atom stereocenters. The molecule has 3 aliphatic rings. The fourth-order valence-electron chi connectivity index (χ4n) is 3.29. The molecule has 0 radical (unpaired) electrons. The molecule has 1 aromatic rings. The molecule has 2 fully saturated rings. The molecule has 2 aliphatic heterocycles. The van der Waals surface area contributed by atoms with Crippen LogP contribution in [0.15, 0.2) is 4.90 Å². The van der Waals surface area contributed by atoms with Crippen molar-refractivity contribution in [3.05, 3.63) is 11.5 Å². The molecule has 22 heavy (non-hydrogen) atoms. The molecule has 0 amide bonds. The van der Waals surface area contributed by atoms with Crippen LogP contribution < -0.4 is 4.90 Å². The van der Waals surface area contributed by atoms with Gasteiger partial charge in [-0.3, -0.25) is 4.90 Å². The first-order chi connectivity index (χ1) is 9.81. The molecule has 1 aromatic heterocycles. The summed E-state index contributed by atoms with van der Waals surface area (Å²) in [5.74, 6) is 3.37. The molecule has 1 saturated heterocycles. The Morgan fingerprint density at radius 2 is 1.77 bits per heavy atom. The first-order valence-electron chi connectivity index (χ1n) is 7.80. The van der Waals surface area contributed by atoms with E-state index in [2.05, 4.69) is 14.8 Å². The zero-order valence-corrected chi connectivity index (χ0v) is 15.4. The summed E-state index contributed by atoms with van der Waals surface area (Å²) in [7, 11) is 0. The Kier molecular flexibility index (Phi) is 6.22. The van der Waals surface area contributed by atoms with Crippen LogP contribution in [0.2, 0.25) is 0 Å². The molecule has 0 unspecified atom stereocenters. The molecular weight excluding hydrogens is 339 g/mol. The topological polar surface area (TPSA) is 32.3 Å². The predicted molar refractivity (Wildman–Crippen MR) is 97.1 cm³/mol. The SMILES string of the molecule is Cc1nc2c(c(N3CCN(C4CC4)CC3)n1)SCCC2.Cl.Cl. The maximum Gasteiger partial charge on any atom is 0.146 e. The van der Waals surface area contributed by atoms with E-state index in [0.29, 0.717) is 0 Å². The van der Waals surface area contributed by atoms with E-state index in [1.54, 1.807) is 0 Å². The quantitative estimate of drug-likeness (QED) is 0.807. The first-order valence-corrected chi connectivity index (χ1v) is 8.79. The average molecular weight is 363 g/mol. The van der Waals surface area contributed by atoms with Crippen molar-refractivity contribution in [2.75, 3.05) is 36.8 Å². The molecule has 4 rings (SSSR count). The lowest BCUT2D eigenvalue weighted by molar-refractivity contribution is 0.247. The maximum absolute atomic E-state index is 4.77. The van der Waals surface area contributed by atoms with Gasteiger partial charge in [0, 0.05) is 32.2 Å². The maximum atomic E-state index is 4.77. The Morgan fingerprint density at radius 3 is 2.45 bits per heavy atom. The monoisotopic (exact) mass is 362 g/mol. The number of fused-ring (bicyclic) bond motifs is 1. The van der Waals surface area contributed by atoms with E-state index in [1.165, 1.54) is 54.5 Å². The van der Waals surface area contributed by atoms with Gasteiger partial charge in [0.2, 0.25) is 0 Å². The largest absolute Gasteiger partial charge is 0.353 e. The van der Waals surface area contributed by atoms with Gasteiger partial charge in [-0.15, -0.1) is 36.6 Å². The van der Waals surface area contributed by atoms with Crippen molar-refractivity contribution >= 4 is 42.4 Å². The van der Waals surface area contributed by atoms with E-state index >= 15 is 0 Å². The lowest BCUT2D eigenvalue weighted by Gasteiger charge is -2.36. The summed E-state index contributed by atoms with van der Waals surface area (Å²) in [5, 5.41) is 0. The van der Waals surface area contributed by atoms with Gasteiger partial charge in [-0.05, 0) is 38.4 Å². The lowest BCUT2D eigenvalue weighted by Crippen LogP contribution is -2.47. The molecule has 3 heterocycles. The van der Waals surface area contributed by atoms with E-state index in [1.807, 2.05) is 18.7 Å². The minimum atomic E-state index is 0. The lowest BCUT2D eigenvalue weighted by atomic mass is 10.2. The van der Waals surface area contributed by atoms with Crippen LogP contribution in [-0.4, -0.2) is 52.8 Å². The van der Waals surface area contributed by atoms with Crippen molar-refractivity contribution in [3.8, 4) is 0 Å². The van der Waals surface area contributed by atoms with Crippen LogP contribution in [0.4, 0.5) is 5.82 Å². The number of anilines is 1. The average Bonchev–Trinajstić information content (AvgIpc) is 3.31. The molecule has 4 nitrogen and oxygen atoms in total. The van der Waals surface area contributed by atoms with E-state index in [-0.39, 0.29) is 24.8 Å². The second-order valence-corrected chi connectivity index (χ2v) is 7.18. The number of piperazine rings is 1. The Bertz CT molecular complexity index is 517. The van der Waals surface area contributed by atoms with Gasteiger partial charge in [-0.2, -0.15) is 0 Å². The van der Waals surface area contributed by atoms with Crippen LogP contribution in [0.1, 0.15) is 30.8 Å². The number of hydrogen-bond donors (Lipinski definition) is 0. The zero-order chi connectivity index (χ0) is 13.5. The van der Waals surface area contributed by atoms with Crippen LogP contribution in [0.5, 0.6) is 0 Å². The van der Waals surface area contributed by atoms with Gasteiger partial charge < -0.3 is 4.90 Å². The summed E-state index contributed by atoms with van der Waals surface area (Å²) in [6, 6.07) is 0.896. The summed E-state index contributed by atoms with van der Waals surface area (Å²) in [4.78, 5) is 15.9. The van der Waals surface area contributed by atoms with Gasteiger partial charge in [-0.1, -0.05) is 0 Å². The normalized spacial score (nSPS) is 21.6. The van der Waals surface area contributed by atoms with Gasteiger partial charge >= 0.3 is 0 Å². The third-order valence-corrected chi connectivity index (χ3v) is 5.71. The summed E-state index contributed by atoms with van der Waals surface area (Å²) < 4.78 is 0. The third-order valence-electron chi connectivity index (χ3n) is 4.51. The Hall–Kier alpha value is -0.230. The molecule has 0 aromatic carbocycles. The number of rotatable bonds is 2. The van der Waals surface area contributed by atoms with Crippen molar-refractivity contribution in [2.24, 2.45) is 0 Å². The molecule has 0 N–H and O–H groups in total. The number of halogens is 2. The summed E-state index contributed by atoms with van der Waals surface area (Å²) in [6.45, 7) is 6.68. The molecule has 0 spiro atoms. The van der Waals surface area contributed by atoms with Crippen LogP contribution in [-0.2, 0) is 6.42 Å². The van der Waals surface area contributed by atoms with E-state index in [9.17, 15) is 0 Å². The highest BCUT2D eigenvalue weighted by molar-refractivity contribution is 7.99. The van der Waals surface area contributed by atoms with Crippen molar-refractivity contribution in [2.45, 2.75) is 43.5 Å². The van der Waals surface area contributed by atoms with Crippen molar-refractivity contribution in [1.29, 1.82) is 0 Å². The fourth-order valence-corrected chi connectivity index (χ4v) is 4.40. The summed E-state index contributed by atoms with van der Waals surface area (Å²) in [5.41, 5.74) is 1.29. The summed E-state index contributed by atoms with van der Waals surface area (Å²) >= 11 is 1.96. The smallest absolute Gasteiger partial charge is 0.146 e. The highest BCUT2D eigenvalue weighted by Gasteiger charge is 2.32. The van der Waals surface area contributed by atoms with E-state index < -0.39 is 0 Å². The van der Waals surface area contributed by atoms with Crippen LogP contribution in [0.3, 0.4) is 0 Å². The van der Waals surface area contributed by atoms with Gasteiger partial charge in [0.15, 0.2) is 0 Å². The van der Waals surface area contributed by atoms with Crippen LogP contribution in [0.25, 0.3) is 0 Å². The number of thioether (sulfide) groups is 1. The Balaban J connectivity index is 0.000000882.